The quantitative estimate of drug-likeness (QED) is 0.173. The number of rotatable bonds is 1. The van der Waals surface area contributed by atoms with Crippen molar-refractivity contribution in [1.82, 2.24) is 0 Å². The fraction of sp³-hybridized carbons (Fsp3) is 1.00. The third-order valence-electron chi connectivity index (χ3n) is 0.252. The van der Waals surface area contributed by atoms with Crippen molar-refractivity contribution in [1.29, 1.82) is 0 Å². The molecule has 100 valence electrons. The molecule has 0 bridgehead atoms. The number of hydrogen-bond donors (Lipinski definition) is 7. The molecule has 0 saturated heterocycles. The van der Waals surface area contributed by atoms with Crippen molar-refractivity contribution in [3.63, 3.8) is 0 Å². The molecular weight excluding hydrogens is 318 g/mol. The van der Waals surface area contributed by atoms with Crippen molar-refractivity contribution < 1.29 is 46.5 Å². The summed E-state index contributed by atoms with van der Waals surface area (Å²) in [4.78, 5) is 43.1. The van der Waals surface area contributed by atoms with E-state index >= 15 is 0 Å². The van der Waals surface area contributed by atoms with Gasteiger partial charge in [0, 0.05) is 0 Å². The summed E-state index contributed by atoms with van der Waals surface area (Å²) < 4.78 is 17.8. The number of halogens is 1. The molecule has 0 amide bonds. The summed E-state index contributed by atoms with van der Waals surface area (Å²) in [6.07, 6.45) is 0. The molecule has 0 aromatic heterocycles. The van der Waals surface area contributed by atoms with Crippen LogP contribution in [0, 0.1) is 0 Å². The first kappa shape index (κ1) is 26.3. The van der Waals surface area contributed by atoms with E-state index in [1.165, 1.54) is 0 Å². The molecule has 0 saturated carbocycles. The van der Waals surface area contributed by atoms with Crippen LogP contribution in [0.2, 0.25) is 0 Å². The summed E-state index contributed by atoms with van der Waals surface area (Å²) in [5.41, 5.74) is 0. The zero-order chi connectivity index (χ0) is 13.3. The van der Waals surface area contributed by atoms with Crippen molar-refractivity contribution in [2.24, 2.45) is 0 Å². The predicted octanol–water partition coefficient (Wildman–Crippen LogP) is -1.41. The summed E-state index contributed by atoms with van der Waals surface area (Å²) in [5, 5.41) is 7.92. The fourth-order valence-corrected chi connectivity index (χ4v) is 0. The van der Waals surface area contributed by atoms with Crippen LogP contribution in [0.3, 0.4) is 0 Å². The molecule has 1 atom stereocenters. The maximum Gasteiger partial charge on any atom is 2.00 e. The minimum Gasteiger partial charge on any atom is -1.00 e. The molecule has 1 unspecified atom stereocenters. The van der Waals surface area contributed by atoms with Gasteiger partial charge in [0.15, 0.2) is 0 Å². The Morgan fingerprint density at radius 3 is 1.12 bits per heavy atom. The van der Waals surface area contributed by atoms with Gasteiger partial charge in [0.05, 0.1) is 12.0 Å². The first-order valence-corrected chi connectivity index (χ1v) is 6.65. The van der Waals surface area contributed by atoms with E-state index in [0.717, 1.165) is 0 Å². The van der Waals surface area contributed by atoms with Crippen LogP contribution in [0.15, 0.2) is 0 Å². The van der Waals surface area contributed by atoms with E-state index in [-0.39, 0.29) is 52.6 Å². The van der Waals surface area contributed by atoms with Crippen LogP contribution in [0.4, 0.5) is 0 Å². The SMILES string of the molecule is CC(Cl)CO.O=P(O)(O)O.O=P(O)(O)O.[Ca+2].[H-].[H-]. The Morgan fingerprint density at radius 2 is 1.12 bits per heavy atom. The van der Waals surface area contributed by atoms with Gasteiger partial charge in [-0.1, -0.05) is 0 Å². The molecule has 0 fully saturated rings. The van der Waals surface area contributed by atoms with Crippen LogP contribution in [-0.4, -0.2) is 84.2 Å². The maximum absolute atomic E-state index is 8.88. The monoisotopic (exact) mass is 332 g/mol. The second-order valence-electron chi connectivity index (χ2n) is 1.99. The molecule has 0 aromatic rings. The smallest absolute Gasteiger partial charge is 1.00 e. The molecule has 0 aliphatic rings. The summed E-state index contributed by atoms with van der Waals surface area (Å²) in [6, 6.07) is 0. The van der Waals surface area contributed by atoms with E-state index in [1.807, 2.05) is 0 Å². The Balaban J connectivity index is -0.0000000277. The second kappa shape index (κ2) is 13.2. The zero-order valence-corrected chi connectivity index (χ0v) is 13.0. The molecule has 0 spiro atoms. The summed E-state index contributed by atoms with van der Waals surface area (Å²) >= 11 is 5.21. The van der Waals surface area contributed by atoms with Gasteiger partial charge >= 0.3 is 53.4 Å². The third kappa shape index (κ3) is 245. The van der Waals surface area contributed by atoms with Gasteiger partial charge in [-0.15, -0.1) is 11.6 Å². The van der Waals surface area contributed by atoms with E-state index in [2.05, 4.69) is 0 Å². The Bertz CT molecular complexity index is 195. The first-order chi connectivity index (χ1) is 6.27. The van der Waals surface area contributed by atoms with Gasteiger partial charge in [0.1, 0.15) is 0 Å². The van der Waals surface area contributed by atoms with E-state index in [0.29, 0.717) is 0 Å². The first-order valence-electron chi connectivity index (χ1n) is 3.09. The van der Waals surface area contributed by atoms with Gasteiger partial charge in [-0.05, 0) is 6.92 Å². The average molecular weight is 333 g/mol. The number of aliphatic hydroxyl groups excluding tert-OH is 1. The largest absolute Gasteiger partial charge is 2.00 e. The molecule has 9 nitrogen and oxygen atoms in total. The summed E-state index contributed by atoms with van der Waals surface area (Å²) in [5.74, 6) is 0. The van der Waals surface area contributed by atoms with Crippen LogP contribution in [0.25, 0.3) is 0 Å². The van der Waals surface area contributed by atoms with E-state index < -0.39 is 15.6 Å². The van der Waals surface area contributed by atoms with Crippen molar-refractivity contribution in [2.75, 3.05) is 6.61 Å². The molecular formula is C3H15CaClO9P2. The third-order valence-corrected chi connectivity index (χ3v) is 0.390. The molecule has 0 radical (unpaired) electrons. The fourth-order valence-electron chi connectivity index (χ4n) is 0. The molecule has 13 heteroatoms. The molecule has 0 aliphatic heterocycles. The zero-order valence-electron chi connectivity index (χ0n) is 10.2. The standard InChI is InChI=1S/C3H7ClO.Ca.2H3O4P.2H/c1-3(4)2-5;;2*1-5(2,3)4;;/h3,5H,2H2,1H3;;2*(H3,1,2,3,4);;/q;+2;;;2*-1. The molecule has 0 rings (SSSR count). The van der Waals surface area contributed by atoms with Crippen molar-refractivity contribution in [3.05, 3.63) is 0 Å². The minimum absolute atomic E-state index is 0. The summed E-state index contributed by atoms with van der Waals surface area (Å²) in [7, 11) is -9.28. The van der Waals surface area contributed by atoms with E-state index in [9.17, 15) is 0 Å². The van der Waals surface area contributed by atoms with Crippen LogP contribution >= 0.6 is 27.2 Å². The normalized spacial score (nSPS) is 12.1. The number of alkyl halides is 1. The van der Waals surface area contributed by atoms with Gasteiger partial charge in [-0.25, -0.2) is 9.13 Å². The van der Waals surface area contributed by atoms with Gasteiger partial charge in [-0.2, -0.15) is 0 Å². The topological polar surface area (TPSA) is 176 Å². The van der Waals surface area contributed by atoms with Crippen LogP contribution < -0.4 is 0 Å². The van der Waals surface area contributed by atoms with E-state index in [1.54, 1.807) is 6.92 Å². The Labute approximate surface area is 130 Å². The van der Waals surface area contributed by atoms with Crippen LogP contribution in [-0.2, 0) is 9.13 Å². The molecule has 16 heavy (non-hydrogen) atoms. The van der Waals surface area contributed by atoms with Gasteiger partial charge in [-0.3, -0.25) is 0 Å². The Morgan fingerprint density at radius 1 is 1.06 bits per heavy atom. The Hall–Kier alpha value is 1.73. The molecule has 0 aromatic carbocycles. The number of phosphoric acid groups is 2. The summed E-state index contributed by atoms with van der Waals surface area (Å²) in [6.45, 7) is 1.81. The van der Waals surface area contributed by atoms with Gasteiger partial charge in [0.25, 0.3) is 0 Å². The van der Waals surface area contributed by atoms with Crippen molar-refractivity contribution >= 4 is 65.0 Å². The second-order valence-corrected chi connectivity index (χ2v) is 4.79. The van der Waals surface area contributed by atoms with Gasteiger partial charge in [0.2, 0.25) is 0 Å². The van der Waals surface area contributed by atoms with Crippen molar-refractivity contribution in [3.8, 4) is 0 Å². The number of hydrogen-bond acceptors (Lipinski definition) is 3. The van der Waals surface area contributed by atoms with Crippen LogP contribution in [0.1, 0.15) is 9.78 Å². The number of aliphatic hydroxyl groups is 1. The molecule has 7 N–H and O–H groups in total. The van der Waals surface area contributed by atoms with Crippen LogP contribution in [0.5, 0.6) is 0 Å². The molecule has 0 aliphatic carbocycles. The Kier molecular flexibility index (Phi) is 21.7. The minimum atomic E-state index is -4.64. The van der Waals surface area contributed by atoms with E-state index in [4.69, 9.17) is 55.2 Å². The van der Waals surface area contributed by atoms with Crippen molar-refractivity contribution in [2.45, 2.75) is 12.3 Å². The predicted molar refractivity (Wildman–Crippen MR) is 58.9 cm³/mol. The molecule has 0 heterocycles. The maximum atomic E-state index is 8.88. The average Bonchev–Trinajstić information content (AvgIpc) is 1.79. The van der Waals surface area contributed by atoms with Gasteiger partial charge < -0.3 is 37.3 Å².